The highest BCUT2D eigenvalue weighted by Gasteiger charge is 2.21. The standard InChI is InChI=1S/C20H20ClN3O2S2/c1-3-12-24-19(14-28(25,26)17-10-8-15(2)9-11-17)22-23-20(24)27-13-16-6-4-5-7-18(16)21/h3-11H,1,12-14H2,2H3. The molecule has 146 valence electrons. The number of aromatic nitrogens is 3. The number of sulfone groups is 1. The van der Waals surface area contributed by atoms with Gasteiger partial charge in [0.1, 0.15) is 11.6 Å². The van der Waals surface area contributed by atoms with Crippen LogP contribution in [0.25, 0.3) is 0 Å². The summed E-state index contributed by atoms with van der Waals surface area (Å²) in [5.74, 6) is 0.783. The van der Waals surface area contributed by atoms with Crippen LogP contribution in [-0.4, -0.2) is 23.2 Å². The molecule has 0 spiro atoms. The minimum Gasteiger partial charge on any atom is -0.301 e. The van der Waals surface area contributed by atoms with Crippen LogP contribution >= 0.6 is 23.4 Å². The van der Waals surface area contributed by atoms with E-state index in [1.165, 1.54) is 11.8 Å². The first-order chi connectivity index (χ1) is 13.4. The third kappa shape index (κ3) is 4.84. The van der Waals surface area contributed by atoms with E-state index in [1.54, 1.807) is 34.9 Å². The van der Waals surface area contributed by atoms with E-state index in [9.17, 15) is 8.42 Å². The van der Waals surface area contributed by atoms with Crippen LogP contribution < -0.4 is 0 Å². The molecule has 0 fully saturated rings. The molecule has 0 N–H and O–H groups in total. The Morgan fingerprint density at radius 2 is 1.86 bits per heavy atom. The number of rotatable bonds is 8. The van der Waals surface area contributed by atoms with Crippen molar-refractivity contribution in [1.29, 1.82) is 0 Å². The Bertz CT molecular complexity index is 1080. The zero-order valence-electron chi connectivity index (χ0n) is 15.4. The maximum absolute atomic E-state index is 12.8. The van der Waals surface area contributed by atoms with Crippen molar-refractivity contribution in [3.8, 4) is 0 Å². The van der Waals surface area contributed by atoms with Crippen LogP contribution in [0.1, 0.15) is 17.0 Å². The highest BCUT2D eigenvalue weighted by atomic mass is 35.5. The smallest absolute Gasteiger partial charge is 0.191 e. The summed E-state index contributed by atoms with van der Waals surface area (Å²) in [4.78, 5) is 0.275. The molecule has 0 bridgehead atoms. The van der Waals surface area contributed by atoms with Gasteiger partial charge in [-0.25, -0.2) is 8.42 Å². The van der Waals surface area contributed by atoms with Crippen LogP contribution in [0.2, 0.25) is 5.02 Å². The molecular weight excluding hydrogens is 414 g/mol. The van der Waals surface area contributed by atoms with Gasteiger partial charge in [-0.2, -0.15) is 0 Å². The average molecular weight is 434 g/mol. The highest BCUT2D eigenvalue weighted by molar-refractivity contribution is 7.98. The Morgan fingerprint density at radius 1 is 1.14 bits per heavy atom. The van der Waals surface area contributed by atoms with Crippen molar-refractivity contribution in [1.82, 2.24) is 14.8 Å². The van der Waals surface area contributed by atoms with E-state index in [1.807, 2.05) is 31.2 Å². The van der Waals surface area contributed by atoms with E-state index >= 15 is 0 Å². The lowest BCUT2D eigenvalue weighted by Crippen LogP contribution is -2.11. The molecule has 2 aromatic carbocycles. The number of hydrogen-bond acceptors (Lipinski definition) is 5. The first-order valence-electron chi connectivity index (χ1n) is 8.59. The molecule has 3 rings (SSSR count). The molecule has 0 saturated carbocycles. The summed E-state index contributed by atoms with van der Waals surface area (Å²) >= 11 is 7.67. The zero-order valence-corrected chi connectivity index (χ0v) is 17.8. The SMILES string of the molecule is C=CCn1c(CS(=O)(=O)c2ccc(C)cc2)nnc1SCc1ccccc1Cl. The van der Waals surface area contributed by atoms with Crippen LogP contribution in [0.15, 0.2) is 71.2 Å². The first-order valence-corrected chi connectivity index (χ1v) is 11.6. The van der Waals surface area contributed by atoms with Gasteiger partial charge in [0, 0.05) is 17.3 Å². The summed E-state index contributed by atoms with van der Waals surface area (Å²) in [7, 11) is -3.52. The number of allylic oxidation sites excluding steroid dienone is 1. The van der Waals surface area contributed by atoms with Crippen LogP contribution in [0.4, 0.5) is 0 Å². The molecule has 8 heteroatoms. The molecule has 0 aliphatic heterocycles. The van der Waals surface area contributed by atoms with Crippen molar-refractivity contribution in [3.05, 3.63) is 83.2 Å². The Balaban J connectivity index is 1.83. The van der Waals surface area contributed by atoms with Gasteiger partial charge < -0.3 is 4.57 Å². The molecule has 0 aliphatic rings. The summed E-state index contributed by atoms with van der Waals surface area (Å²) in [6, 6.07) is 14.4. The summed E-state index contributed by atoms with van der Waals surface area (Å²) in [6.45, 7) is 6.10. The lowest BCUT2D eigenvalue weighted by Gasteiger charge is -2.09. The van der Waals surface area contributed by atoms with E-state index in [0.717, 1.165) is 11.1 Å². The van der Waals surface area contributed by atoms with Gasteiger partial charge in [-0.05, 0) is 30.7 Å². The summed E-state index contributed by atoms with van der Waals surface area (Å²) in [6.07, 6.45) is 1.70. The molecular formula is C20H20ClN3O2S2. The summed E-state index contributed by atoms with van der Waals surface area (Å²) in [5.41, 5.74) is 1.99. The molecule has 0 aliphatic carbocycles. The maximum Gasteiger partial charge on any atom is 0.191 e. The normalized spacial score (nSPS) is 11.5. The van der Waals surface area contributed by atoms with E-state index < -0.39 is 9.84 Å². The first kappa shape index (κ1) is 20.6. The predicted molar refractivity (Wildman–Crippen MR) is 113 cm³/mol. The van der Waals surface area contributed by atoms with Gasteiger partial charge in [0.2, 0.25) is 0 Å². The van der Waals surface area contributed by atoms with Crippen molar-refractivity contribution in [2.75, 3.05) is 0 Å². The van der Waals surface area contributed by atoms with Crippen LogP contribution in [0.5, 0.6) is 0 Å². The molecule has 28 heavy (non-hydrogen) atoms. The van der Waals surface area contributed by atoms with Crippen LogP contribution in [0, 0.1) is 6.92 Å². The molecule has 1 heterocycles. The minimum absolute atomic E-state index is 0.219. The van der Waals surface area contributed by atoms with Gasteiger partial charge in [-0.15, -0.1) is 16.8 Å². The Hall–Kier alpha value is -2.09. The Morgan fingerprint density at radius 3 is 2.54 bits per heavy atom. The summed E-state index contributed by atoms with van der Waals surface area (Å²) < 4.78 is 27.3. The number of aryl methyl sites for hydroxylation is 1. The molecule has 0 radical (unpaired) electrons. The number of nitrogens with zero attached hydrogens (tertiary/aromatic N) is 3. The molecule has 3 aromatic rings. The van der Waals surface area contributed by atoms with Crippen molar-refractivity contribution in [3.63, 3.8) is 0 Å². The number of halogens is 1. The maximum atomic E-state index is 12.8. The van der Waals surface area contributed by atoms with Gasteiger partial charge in [0.15, 0.2) is 15.0 Å². The fourth-order valence-corrected chi connectivity index (χ4v) is 5.12. The molecule has 1 aromatic heterocycles. The van der Waals surface area contributed by atoms with Crippen molar-refractivity contribution >= 4 is 33.2 Å². The summed E-state index contributed by atoms with van der Waals surface area (Å²) in [5, 5.41) is 9.64. The lowest BCUT2D eigenvalue weighted by molar-refractivity contribution is 0.590. The van der Waals surface area contributed by atoms with Gasteiger partial charge in [-0.3, -0.25) is 0 Å². The average Bonchev–Trinajstić information content (AvgIpc) is 3.03. The van der Waals surface area contributed by atoms with Crippen molar-refractivity contribution in [2.24, 2.45) is 0 Å². The Kier molecular flexibility index (Phi) is 6.59. The van der Waals surface area contributed by atoms with E-state index in [4.69, 9.17) is 11.6 Å². The van der Waals surface area contributed by atoms with E-state index in [0.29, 0.717) is 28.3 Å². The molecule has 0 amide bonds. The largest absolute Gasteiger partial charge is 0.301 e. The second-order valence-corrected chi connectivity index (χ2v) is 9.59. The minimum atomic E-state index is -3.52. The van der Waals surface area contributed by atoms with Gasteiger partial charge in [-0.1, -0.05) is 65.3 Å². The lowest BCUT2D eigenvalue weighted by atomic mass is 10.2. The van der Waals surface area contributed by atoms with E-state index in [-0.39, 0.29) is 10.6 Å². The predicted octanol–water partition coefficient (Wildman–Crippen LogP) is 4.69. The number of thioether (sulfide) groups is 1. The highest BCUT2D eigenvalue weighted by Crippen LogP contribution is 2.27. The van der Waals surface area contributed by atoms with Gasteiger partial charge >= 0.3 is 0 Å². The third-order valence-corrected chi connectivity index (χ3v) is 7.13. The topological polar surface area (TPSA) is 64.8 Å². The quantitative estimate of drug-likeness (QED) is 0.380. The van der Waals surface area contributed by atoms with E-state index in [2.05, 4.69) is 16.8 Å². The molecule has 0 unspecified atom stereocenters. The number of hydrogen-bond donors (Lipinski definition) is 0. The van der Waals surface area contributed by atoms with Crippen LogP contribution in [0.3, 0.4) is 0 Å². The second-order valence-electron chi connectivity index (χ2n) is 6.25. The molecule has 5 nitrogen and oxygen atoms in total. The third-order valence-electron chi connectivity index (χ3n) is 4.12. The Labute approximate surface area is 174 Å². The molecule has 0 saturated heterocycles. The number of benzene rings is 2. The van der Waals surface area contributed by atoms with Crippen molar-refractivity contribution < 1.29 is 8.42 Å². The van der Waals surface area contributed by atoms with Crippen molar-refractivity contribution in [2.45, 2.75) is 35.0 Å². The monoisotopic (exact) mass is 433 g/mol. The zero-order chi connectivity index (χ0) is 20.1. The fourth-order valence-electron chi connectivity index (χ4n) is 2.60. The second kappa shape index (κ2) is 8.94. The van der Waals surface area contributed by atoms with Gasteiger partial charge in [0.25, 0.3) is 0 Å². The van der Waals surface area contributed by atoms with Gasteiger partial charge in [0.05, 0.1) is 4.90 Å². The fraction of sp³-hybridized carbons (Fsp3) is 0.200. The molecule has 0 atom stereocenters. The van der Waals surface area contributed by atoms with Crippen LogP contribution in [-0.2, 0) is 27.9 Å².